The molecule has 2 rings (SSSR count). The van der Waals surface area contributed by atoms with Gasteiger partial charge in [-0.1, -0.05) is 20.8 Å². The molecule has 18 heavy (non-hydrogen) atoms. The van der Waals surface area contributed by atoms with Crippen LogP contribution in [0, 0.1) is 11.3 Å². The minimum Gasteiger partial charge on any atom is -0.473 e. The molecule has 0 bridgehead atoms. The Labute approximate surface area is 108 Å². The molecular formula is C14H22N2O2. The van der Waals surface area contributed by atoms with E-state index in [1.807, 2.05) is 0 Å². The van der Waals surface area contributed by atoms with Gasteiger partial charge in [0.05, 0.1) is 24.7 Å². The van der Waals surface area contributed by atoms with Crippen molar-refractivity contribution in [3.63, 3.8) is 0 Å². The number of ether oxygens (including phenoxy) is 1. The highest BCUT2D eigenvalue weighted by Crippen LogP contribution is 2.39. The fraction of sp³-hybridized carbons (Fsp3) is 0.714. The predicted molar refractivity (Wildman–Crippen MR) is 69.2 cm³/mol. The summed E-state index contributed by atoms with van der Waals surface area (Å²) in [4.78, 5) is 8.25. The molecule has 0 aliphatic heterocycles. The standard InChI is InChI=1S/C14H22N2O2/c1-10-4-12(6-14(2,3)5-10)18-13-8-15-11(9-17)7-16-13/h7-8,10,12,17H,4-6,9H2,1-3H3. The first-order valence-corrected chi connectivity index (χ1v) is 6.57. The molecule has 4 heteroatoms. The van der Waals surface area contributed by atoms with E-state index in [0.29, 0.717) is 22.9 Å². The van der Waals surface area contributed by atoms with E-state index in [4.69, 9.17) is 9.84 Å². The van der Waals surface area contributed by atoms with Crippen LogP contribution in [0.4, 0.5) is 0 Å². The average Bonchev–Trinajstić information content (AvgIpc) is 2.27. The van der Waals surface area contributed by atoms with Gasteiger partial charge in [-0.2, -0.15) is 0 Å². The molecule has 1 aromatic rings. The molecule has 0 aromatic carbocycles. The summed E-state index contributed by atoms with van der Waals surface area (Å²) in [5, 5.41) is 8.91. The molecule has 1 fully saturated rings. The molecule has 1 N–H and O–H groups in total. The summed E-state index contributed by atoms with van der Waals surface area (Å²) in [5.74, 6) is 1.24. The summed E-state index contributed by atoms with van der Waals surface area (Å²) in [6.07, 6.45) is 6.76. The van der Waals surface area contributed by atoms with E-state index in [0.717, 1.165) is 12.8 Å². The summed E-state index contributed by atoms with van der Waals surface area (Å²) in [6, 6.07) is 0. The smallest absolute Gasteiger partial charge is 0.232 e. The second-order valence-corrected chi connectivity index (χ2v) is 6.16. The number of hydrogen-bond donors (Lipinski definition) is 1. The van der Waals surface area contributed by atoms with Crippen molar-refractivity contribution in [2.75, 3.05) is 0 Å². The highest BCUT2D eigenvalue weighted by atomic mass is 16.5. The molecule has 1 saturated carbocycles. The molecule has 1 heterocycles. The SMILES string of the molecule is CC1CC(Oc2cnc(CO)cn2)CC(C)(C)C1. The van der Waals surface area contributed by atoms with Crippen LogP contribution in [-0.4, -0.2) is 21.2 Å². The van der Waals surface area contributed by atoms with E-state index in [9.17, 15) is 0 Å². The van der Waals surface area contributed by atoms with Crippen molar-refractivity contribution in [2.45, 2.75) is 52.7 Å². The van der Waals surface area contributed by atoms with Gasteiger partial charge in [-0.15, -0.1) is 0 Å². The highest BCUT2D eigenvalue weighted by Gasteiger charge is 2.33. The summed E-state index contributed by atoms with van der Waals surface area (Å²) >= 11 is 0. The zero-order chi connectivity index (χ0) is 13.2. The molecule has 100 valence electrons. The van der Waals surface area contributed by atoms with Gasteiger partial charge in [0.25, 0.3) is 0 Å². The van der Waals surface area contributed by atoms with Crippen LogP contribution < -0.4 is 4.74 Å². The highest BCUT2D eigenvalue weighted by molar-refractivity contribution is 5.07. The summed E-state index contributed by atoms with van der Waals surface area (Å²) in [5.41, 5.74) is 0.903. The third kappa shape index (κ3) is 3.42. The van der Waals surface area contributed by atoms with Crippen molar-refractivity contribution in [1.82, 2.24) is 9.97 Å². The van der Waals surface area contributed by atoms with E-state index in [-0.39, 0.29) is 12.7 Å². The summed E-state index contributed by atoms with van der Waals surface area (Å²) in [6.45, 7) is 6.78. The maximum Gasteiger partial charge on any atom is 0.232 e. The second-order valence-electron chi connectivity index (χ2n) is 6.16. The van der Waals surface area contributed by atoms with E-state index in [1.165, 1.54) is 6.42 Å². The molecule has 0 saturated heterocycles. The van der Waals surface area contributed by atoms with E-state index in [2.05, 4.69) is 30.7 Å². The fourth-order valence-corrected chi connectivity index (χ4v) is 3.00. The van der Waals surface area contributed by atoms with Gasteiger partial charge in [0.1, 0.15) is 6.10 Å². The van der Waals surface area contributed by atoms with Gasteiger partial charge in [-0.25, -0.2) is 4.98 Å². The van der Waals surface area contributed by atoms with Crippen LogP contribution in [0.3, 0.4) is 0 Å². The first-order valence-electron chi connectivity index (χ1n) is 6.57. The van der Waals surface area contributed by atoms with Crippen molar-refractivity contribution in [3.05, 3.63) is 18.1 Å². The lowest BCUT2D eigenvalue weighted by Crippen LogP contribution is -2.34. The molecule has 4 nitrogen and oxygen atoms in total. The van der Waals surface area contributed by atoms with Crippen molar-refractivity contribution >= 4 is 0 Å². The molecule has 2 unspecified atom stereocenters. The summed E-state index contributed by atoms with van der Waals surface area (Å²) < 4.78 is 5.91. The van der Waals surface area contributed by atoms with Gasteiger partial charge >= 0.3 is 0 Å². The third-order valence-electron chi connectivity index (χ3n) is 3.48. The predicted octanol–water partition coefficient (Wildman–Crippen LogP) is 2.56. The number of aromatic nitrogens is 2. The van der Waals surface area contributed by atoms with Gasteiger partial charge in [0.15, 0.2) is 0 Å². The molecule has 1 aromatic heterocycles. The zero-order valence-corrected chi connectivity index (χ0v) is 11.4. The van der Waals surface area contributed by atoms with E-state index < -0.39 is 0 Å². The van der Waals surface area contributed by atoms with Crippen LogP contribution in [0.25, 0.3) is 0 Å². The van der Waals surface area contributed by atoms with Gasteiger partial charge in [0, 0.05) is 0 Å². The van der Waals surface area contributed by atoms with Gasteiger partial charge in [-0.05, 0) is 30.6 Å². The minimum atomic E-state index is -0.0826. The van der Waals surface area contributed by atoms with Crippen molar-refractivity contribution < 1.29 is 9.84 Å². The van der Waals surface area contributed by atoms with Crippen molar-refractivity contribution in [3.8, 4) is 5.88 Å². The lowest BCUT2D eigenvalue weighted by atomic mass is 9.71. The van der Waals surface area contributed by atoms with Gasteiger partial charge in [0.2, 0.25) is 5.88 Å². The Bertz CT molecular complexity index is 389. The van der Waals surface area contributed by atoms with Crippen LogP contribution in [-0.2, 0) is 6.61 Å². The third-order valence-corrected chi connectivity index (χ3v) is 3.48. The number of rotatable bonds is 3. The Hall–Kier alpha value is -1.16. The summed E-state index contributed by atoms with van der Waals surface area (Å²) in [7, 11) is 0. The Balaban J connectivity index is 1.99. The molecule has 0 spiro atoms. The molecule has 0 radical (unpaired) electrons. The minimum absolute atomic E-state index is 0.0826. The largest absolute Gasteiger partial charge is 0.473 e. The molecular weight excluding hydrogens is 228 g/mol. The zero-order valence-electron chi connectivity index (χ0n) is 11.4. The van der Waals surface area contributed by atoms with Crippen LogP contribution in [0.15, 0.2) is 12.4 Å². The normalized spacial score (nSPS) is 26.9. The van der Waals surface area contributed by atoms with Crippen LogP contribution in [0.1, 0.15) is 45.7 Å². The van der Waals surface area contributed by atoms with Gasteiger partial charge in [-0.3, -0.25) is 4.98 Å². The second kappa shape index (κ2) is 5.22. The number of aliphatic hydroxyl groups is 1. The van der Waals surface area contributed by atoms with Crippen molar-refractivity contribution in [2.24, 2.45) is 11.3 Å². The van der Waals surface area contributed by atoms with E-state index in [1.54, 1.807) is 12.4 Å². The first kappa shape index (κ1) is 13.3. The molecule has 1 aliphatic carbocycles. The maximum absolute atomic E-state index is 8.91. The Kier molecular flexibility index (Phi) is 3.85. The maximum atomic E-state index is 8.91. The van der Waals surface area contributed by atoms with Crippen molar-refractivity contribution in [1.29, 1.82) is 0 Å². The molecule has 1 aliphatic rings. The molecule has 2 atom stereocenters. The van der Waals surface area contributed by atoms with Crippen LogP contribution >= 0.6 is 0 Å². The monoisotopic (exact) mass is 250 g/mol. The number of aliphatic hydroxyl groups excluding tert-OH is 1. The van der Waals surface area contributed by atoms with Crippen LogP contribution in [0.2, 0.25) is 0 Å². The fourth-order valence-electron chi connectivity index (χ4n) is 3.00. The first-order chi connectivity index (χ1) is 8.48. The Morgan fingerprint density at radius 1 is 1.33 bits per heavy atom. The van der Waals surface area contributed by atoms with Gasteiger partial charge < -0.3 is 9.84 Å². The molecule has 0 amide bonds. The topological polar surface area (TPSA) is 55.2 Å². The Morgan fingerprint density at radius 3 is 2.67 bits per heavy atom. The lowest BCUT2D eigenvalue weighted by molar-refractivity contribution is 0.0529. The number of hydrogen-bond acceptors (Lipinski definition) is 4. The van der Waals surface area contributed by atoms with E-state index >= 15 is 0 Å². The van der Waals surface area contributed by atoms with Crippen LogP contribution in [0.5, 0.6) is 5.88 Å². The quantitative estimate of drug-likeness (QED) is 0.895. The number of nitrogens with zero attached hydrogens (tertiary/aromatic N) is 2. The Morgan fingerprint density at radius 2 is 2.11 bits per heavy atom. The lowest BCUT2D eigenvalue weighted by Gasteiger charge is -2.38. The average molecular weight is 250 g/mol.